The lowest BCUT2D eigenvalue weighted by Crippen LogP contribution is -2.42. The van der Waals surface area contributed by atoms with Crippen molar-refractivity contribution in [1.82, 2.24) is 9.21 Å². The van der Waals surface area contributed by atoms with Gasteiger partial charge in [0.05, 0.1) is 10.8 Å². The van der Waals surface area contributed by atoms with E-state index >= 15 is 0 Å². The SMILES string of the molecule is CC(C)N(Cc1ccccc1)C(=O)COC(=O)C1CCN(S(=O)(=O)c2ccc(F)c(F)c2)CC1. The minimum Gasteiger partial charge on any atom is -0.455 e. The van der Waals surface area contributed by atoms with Crippen molar-refractivity contribution < 1.29 is 31.5 Å². The van der Waals surface area contributed by atoms with Gasteiger partial charge in [-0.1, -0.05) is 30.3 Å². The largest absolute Gasteiger partial charge is 0.455 e. The quantitative estimate of drug-likeness (QED) is 0.526. The summed E-state index contributed by atoms with van der Waals surface area (Å²) in [6.07, 6.45) is 0.404. The van der Waals surface area contributed by atoms with Crippen LogP contribution in [0.25, 0.3) is 0 Å². The molecule has 34 heavy (non-hydrogen) atoms. The predicted octanol–water partition coefficient (Wildman–Crippen LogP) is 3.35. The lowest BCUT2D eigenvalue weighted by atomic mass is 9.98. The van der Waals surface area contributed by atoms with Crippen molar-refractivity contribution in [3.8, 4) is 0 Å². The van der Waals surface area contributed by atoms with Crippen LogP contribution >= 0.6 is 0 Å². The second-order valence-corrected chi connectivity index (χ2v) is 10.4. The average Bonchev–Trinajstić information content (AvgIpc) is 2.83. The zero-order chi connectivity index (χ0) is 24.9. The van der Waals surface area contributed by atoms with Crippen molar-refractivity contribution in [2.75, 3.05) is 19.7 Å². The van der Waals surface area contributed by atoms with Crippen LogP contribution in [0.5, 0.6) is 0 Å². The Bertz CT molecular complexity index is 1120. The fraction of sp³-hybridized carbons (Fsp3) is 0.417. The smallest absolute Gasteiger partial charge is 0.309 e. The molecule has 0 atom stereocenters. The molecule has 0 unspecified atom stereocenters. The molecule has 1 fully saturated rings. The third-order valence-corrected chi connectivity index (χ3v) is 7.69. The molecule has 3 rings (SSSR count). The van der Waals surface area contributed by atoms with Gasteiger partial charge in [0, 0.05) is 25.7 Å². The molecule has 0 aliphatic carbocycles. The number of carbonyl (C=O) groups excluding carboxylic acids is 2. The third-order valence-electron chi connectivity index (χ3n) is 5.79. The van der Waals surface area contributed by atoms with Crippen LogP contribution in [-0.2, 0) is 30.9 Å². The molecule has 10 heteroatoms. The summed E-state index contributed by atoms with van der Waals surface area (Å²) in [5.41, 5.74) is 0.963. The Morgan fingerprint density at radius 2 is 1.71 bits per heavy atom. The van der Waals surface area contributed by atoms with E-state index in [-0.39, 0.29) is 42.8 Å². The number of amides is 1. The second kappa shape index (κ2) is 11.1. The Labute approximate surface area is 198 Å². The van der Waals surface area contributed by atoms with Crippen LogP contribution < -0.4 is 0 Å². The number of halogens is 2. The van der Waals surface area contributed by atoms with Gasteiger partial charge in [-0.2, -0.15) is 4.31 Å². The van der Waals surface area contributed by atoms with Gasteiger partial charge in [0.2, 0.25) is 10.0 Å². The van der Waals surface area contributed by atoms with Gasteiger partial charge in [0.25, 0.3) is 5.91 Å². The van der Waals surface area contributed by atoms with Crippen molar-refractivity contribution in [3.63, 3.8) is 0 Å². The summed E-state index contributed by atoms with van der Waals surface area (Å²) in [7, 11) is -4.01. The van der Waals surface area contributed by atoms with Crippen molar-refractivity contribution >= 4 is 21.9 Å². The second-order valence-electron chi connectivity index (χ2n) is 8.46. The summed E-state index contributed by atoms with van der Waals surface area (Å²) in [6.45, 7) is 3.83. The minimum atomic E-state index is -4.01. The van der Waals surface area contributed by atoms with E-state index < -0.39 is 40.2 Å². The summed E-state index contributed by atoms with van der Waals surface area (Å²) in [5.74, 6) is -3.79. The van der Waals surface area contributed by atoms with Gasteiger partial charge in [-0.3, -0.25) is 9.59 Å². The molecule has 1 amide bonds. The highest BCUT2D eigenvalue weighted by molar-refractivity contribution is 7.89. The Balaban J connectivity index is 1.53. The van der Waals surface area contributed by atoms with Crippen molar-refractivity contribution in [1.29, 1.82) is 0 Å². The monoisotopic (exact) mass is 494 g/mol. The molecule has 0 bridgehead atoms. The maximum absolute atomic E-state index is 13.5. The Hall–Kier alpha value is -2.85. The predicted molar refractivity (Wildman–Crippen MR) is 121 cm³/mol. The van der Waals surface area contributed by atoms with E-state index in [4.69, 9.17) is 4.74 Å². The van der Waals surface area contributed by atoms with Crippen LogP contribution in [0.1, 0.15) is 32.3 Å². The van der Waals surface area contributed by atoms with Gasteiger partial charge in [-0.15, -0.1) is 0 Å². The molecule has 1 saturated heterocycles. The lowest BCUT2D eigenvalue weighted by molar-refractivity contribution is -0.157. The summed E-state index contributed by atoms with van der Waals surface area (Å²) in [5, 5.41) is 0. The molecule has 184 valence electrons. The lowest BCUT2D eigenvalue weighted by Gasteiger charge is -2.30. The van der Waals surface area contributed by atoms with Gasteiger partial charge in [-0.25, -0.2) is 17.2 Å². The fourth-order valence-corrected chi connectivity index (χ4v) is 5.27. The number of piperidine rings is 1. The van der Waals surface area contributed by atoms with Gasteiger partial charge in [0.15, 0.2) is 18.2 Å². The van der Waals surface area contributed by atoms with E-state index in [2.05, 4.69) is 0 Å². The molecule has 1 heterocycles. The van der Waals surface area contributed by atoms with Gasteiger partial charge in [-0.05, 0) is 50.5 Å². The van der Waals surface area contributed by atoms with Gasteiger partial charge >= 0.3 is 5.97 Å². The van der Waals surface area contributed by atoms with Crippen LogP contribution in [0.3, 0.4) is 0 Å². The number of ether oxygens (including phenoxy) is 1. The highest BCUT2D eigenvalue weighted by Crippen LogP contribution is 2.25. The first-order valence-electron chi connectivity index (χ1n) is 11.0. The molecule has 2 aromatic carbocycles. The number of nitrogens with zero attached hydrogens (tertiary/aromatic N) is 2. The van der Waals surface area contributed by atoms with Crippen LogP contribution in [-0.4, -0.2) is 55.2 Å². The number of hydrogen-bond acceptors (Lipinski definition) is 5. The zero-order valence-electron chi connectivity index (χ0n) is 19.1. The summed E-state index contributed by atoms with van der Waals surface area (Å²) in [6, 6.07) is 11.8. The molecule has 7 nitrogen and oxygen atoms in total. The first-order chi connectivity index (χ1) is 16.1. The number of hydrogen-bond donors (Lipinski definition) is 0. The van der Waals surface area contributed by atoms with Crippen molar-refractivity contribution in [2.45, 2.75) is 44.2 Å². The molecule has 0 radical (unpaired) electrons. The molecule has 0 aromatic heterocycles. The highest BCUT2D eigenvalue weighted by Gasteiger charge is 2.33. The summed E-state index contributed by atoms with van der Waals surface area (Å²) < 4.78 is 58.4. The standard InChI is InChI=1S/C24H28F2N2O5S/c1-17(2)28(15-18-6-4-3-5-7-18)23(29)16-33-24(30)19-10-12-27(13-11-19)34(31,32)20-8-9-21(25)22(26)14-20/h3-9,14,17,19H,10-13,15-16H2,1-2H3. The maximum atomic E-state index is 13.5. The van der Waals surface area contributed by atoms with Gasteiger partial charge < -0.3 is 9.64 Å². The van der Waals surface area contributed by atoms with Gasteiger partial charge in [0.1, 0.15) is 0 Å². The van der Waals surface area contributed by atoms with E-state index in [0.29, 0.717) is 12.6 Å². The van der Waals surface area contributed by atoms with E-state index in [1.807, 2.05) is 44.2 Å². The normalized spacial score (nSPS) is 15.3. The molecular formula is C24H28F2N2O5S. The van der Waals surface area contributed by atoms with Crippen LogP contribution in [0.4, 0.5) is 8.78 Å². The minimum absolute atomic E-state index is 0.0289. The van der Waals surface area contributed by atoms with Crippen LogP contribution in [0, 0.1) is 17.6 Å². The van der Waals surface area contributed by atoms with Crippen molar-refractivity contribution in [2.24, 2.45) is 5.92 Å². The van der Waals surface area contributed by atoms with Crippen molar-refractivity contribution in [3.05, 3.63) is 65.7 Å². The van der Waals surface area contributed by atoms with E-state index in [1.165, 1.54) is 0 Å². The zero-order valence-corrected chi connectivity index (χ0v) is 19.9. The number of carbonyl (C=O) groups is 2. The Kier molecular flexibility index (Phi) is 8.37. The van der Waals surface area contributed by atoms with E-state index in [0.717, 1.165) is 22.0 Å². The number of sulfonamides is 1. The molecule has 0 saturated carbocycles. The number of benzene rings is 2. The van der Waals surface area contributed by atoms with E-state index in [9.17, 15) is 26.8 Å². The summed E-state index contributed by atoms with van der Waals surface area (Å²) in [4.78, 5) is 26.5. The average molecular weight is 495 g/mol. The number of esters is 1. The maximum Gasteiger partial charge on any atom is 0.309 e. The number of rotatable bonds is 8. The molecule has 1 aliphatic rings. The molecule has 0 N–H and O–H groups in total. The Morgan fingerprint density at radius 3 is 2.29 bits per heavy atom. The van der Waals surface area contributed by atoms with Crippen LogP contribution in [0.2, 0.25) is 0 Å². The van der Waals surface area contributed by atoms with Crippen LogP contribution in [0.15, 0.2) is 53.4 Å². The molecule has 1 aliphatic heterocycles. The van der Waals surface area contributed by atoms with E-state index in [1.54, 1.807) is 4.90 Å². The molecule has 2 aromatic rings. The summed E-state index contributed by atoms with van der Waals surface area (Å²) >= 11 is 0. The Morgan fingerprint density at radius 1 is 1.06 bits per heavy atom. The molecule has 0 spiro atoms. The topological polar surface area (TPSA) is 84.0 Å². The third kappa shape index (κ3) is 6.18. The highest BCUT2D eigenvalue weighted by atomic mass is 32.2. The molecular weight excluding hydrogens is 466 g/mol. The fourth-order valence-electron chi connectivity index (χ4n) is 3.79. The first kappa shape index (κ1) is 25.8. The first-order valence-corrected chi connectivity index (χ1v) is 12.5.